The van der Waals surface area contributed by atoms with Crippen molar-refractivity contribution in [3.63, 3.8) is 0 Å². The molecule has 0 aromatic rings. The Morgan fingerprint density at radius 1 is 1.50 bits per heavy atom. The molecule has 0 aliphatic rings. The van der Waals surface area contributed by atoms with E-state index in [0.29, 0.717) is 0 Å². The molecule has 0 atom stereocenters. The molecule has 4 N–H and O–H groups in total. The van der Waals surface area contributed by atoms with Gasteiger partial charge in [0.25, 0.3) is 0 Å². The quantitative estimate of drug-likeness (QED) is 0.231. The second-order valence-corrected chi connectivity index (χ2v) is 0.535. The van der Waals surface area contributed by atoms with Gasteiger partial charge < -0.3 is 10.0 Å². The van der Waals surface area contributed by atoms with Crippen molar-refractivity contribution >= 4 is 7.32 Å². The highest BCUT2D eigenvalue weighted by molar-refractivity contribution is 6.32. The molecule has 0 rings (SSSR count). The smallest absolute Gasteiger partial charge is 0.401 e. The van der Waals surface area contributed by atoms with Crippen molar-refractivity contribution in [3.8, 4) is 0 Å². The van der Waals surface area contributed by atoms with E-state index in [1.807, 2.05) is 0 Å². The standard InChI is InChI=1S/BH4NO4/c3-1(4)6-2-5/h2-5H. The Kier molecular flexibility index (Phi) is 3.00. The molecule has 0 bridgehead atoms. The Morgan fingerprint density at radius 3 is 2.00 bits per heavy atom. The molecule has 0 saturated carbocycles. The molecule has 0 aliphatic carbocycles. The average molecular weight is 92.8 g/mol. The van der Waals surface area contributed by atoms with Gasteiger partial charge in [-0.2, -0.15) is 0 Å². The zero-order valence-corrected chi connectivity index (χ0v) is 2.83. The van der Waals surface area contributed by atoms with E-state index in [2.05, 4.69) is 4.76 Å². The third-order valence-electron chi connectivity index (χ3n) is 0.158. The van der Waals surface area contributed by atoms with Gasteiger partial charge >= 0.3 is 7.32 Å². The van der Waals surface area contributed by atoms with E-state index in [1.54, 1.807) is 0 Å². The van der Waals surface area contributed by atoms with Gasteiger partial charge in [-0.15, -0.1) is 0 Å². The number of hydrogen-bond donors (Lipinski definition) is 4. The molecule has 0 aliphatic heterocycles. The molecule has 0 unspecified atom stereocenters. The lowest BCUT2D eigenvalue weighted by Gasteiger charge is -1.91. The molecule has 0 heterocycles. The fraction of sp³-hybridized carbons (Fsp3) is 0. The summed E-state index contributed by atoms with van der Waals surface area (Å²) in [7, 11) is -1.96. The Hall–Kier alpha value is -0.135. The molecule has 5 nitrogen and oxygen atoms in total. The molecular formula is H4BNO4. The van der Waals surface area contributed by atoms with Gasteiger partial charge in [0.1, 0.15) is 0 Å². The summed E-state index contributed by atoms with van der Waals surface area (Å²) in [6.07, 6.45) is 0. The van der Waals surface area contributed by atoms with Gasteiger partial charge in [-0.1, -0.05) is 5.64 Å². The zero-order chi connectivity index (χ0) is 4.99. The molecule has 0 spiro atoms. The fourth-order valence-electron chi connectivity index (χ4n) is 0.0471. The second-order valence-electron chi connectivity index (χ2n) is 0.535. The van der Waals surface area contributed by atoms with Crippen molar-refractivity contribution in [2.45, 2.75) is 0 Å². The van der Waals surface area contributed by atoms with Crippen molar-refractivity contribution in [3.05, 3.63) is 0 Å². The van der Waals surface area contributed by atoms with Crippen LogP contribution < -0.4 is 5.64 Å². The maximum atomic E-state index is 7.66. The lowest BCUT2D eigenvalue weighted by Crippen LogP contribution is -2.24. The van der Waals surface area contributed by atoms with Crippen LogP contribution >= 0.6 is 0 Å². The van der Waals surface area contributed by atoms with E-state index in [4.69, 9.17) is 15.3 Å². The van der Waals surface area contributed by atoms with Crippen LogP contribution in [0.15, 0.2) is 0 Å². The van der Waals surface area contributed by atoms with Crippen LogP contribution in [-0.4, -0.2) is 22.6 Å². The minimum Gasteiger partial charge on any atom is -0.401 e. The normalized spacial score (nSPS) is 8.50. The molecule has 0 aromatic carbocycles. The van der Waals surface area contributed by atoms with Crippen LogP contribution in [0.2, 0.25) is 0 Å². The van der Waals surface area contributed by atoms with Gasteiger partial charge in [-0.05, 0) is 0 Å². The van der Waals surface area contributed by atoms with E-state index in [0.717, 1.165) is 5.64 Å². The molecule has 6 heavy (non-hydrogen) atoms. The summed E-state index contributed by atoms with van der Waals surface area (Å²) in [6.45, 7) is 0. The summed E-state index contributed by atoms with van der Waals surface area (Å²) >= 11 is 0. The molecule has 0 amide bonds. The van der Waals surface area contributed by atoms with Crippen LogP contribution in [0.1, 0.15) is 0 Å². The minimum absolute atomic E-state index is 1.07. The van der Waals surface area contributed by atoms with Gasteiger partial charge in [-0.25, -0.2) is 0 Å². The maximum absolute atomic E-state index is 7.66. The molecule has 0 saturated heterocycles. The minimum atomic E-state index is -1.96. The first-order valence-electron chi connectivity index (χ1n) is 1.18. The highest BCUT2D eigenvalue weighted by Crippen LogP contribution is 1.60. The lowest BCUT2D eigenvalue weighted by atomic mass is 10.3. The summed E-state index contributed by atoms with van der Waals surface area (Å²) in [4.78, 5) is 0. The summed E-state index contributed by atoms with van der Waals surface area (Å²) < 4.78 is 3.46. The van der Waals surface area contributed by atoms with Crippen molar-refractivity contribution < 1.29 is 20.0 Å². The number of nitrogens with one attached hydrogen (secondary N) is 1. The van der Waals surface area contributed by atoms with Gasteiger partial charge in [0.05, 0.1) is 0 Å². The lowest BCUT2D eigenvalue weighted by molar-refractivity contribution is -0.0733. The monoisotopic (exact) mass is 93.0 g/mol. The van der Waals surface area contributed by atoms with Crippen molar-refractivity contribution in [2.75, 3.05) is 0 Å². The predicted octanol–water partition coefficient (Wildman–Crippen LogP) is -2.13. The summed E-state index contributed by atoms with van der Waals surface area (Å²) in [5, 5.41) is 22.8. The van der Waals surface area contributed by atoms with E-state index in [9.17, 15) is 0 Å². The SMILES string of the molecule is ONOB(O)O. The van der Waals surface area contributed by atoms with Crippen LogP contribution in [0.4, 0.5) is 0 Å². The van der Waals surface area contributed by atoms with E-state index in [1.165, 1.54) is 0 Å². The maximum Gasteiger partial charge on any atom is 0.653 e. The van der Waals surface area contributed by atoms with Gasteiger partial charge in [0.15, 0.2) is 0 Å². The molecule has 0 fully saturated rings. The van der Waals surface area contributed by atoms with Gasteiger partial charge in [0, 0.05) is 0 Å². The highest BCUT2D eigenvalue weighted by atomic mass is 16.9. The summed E-state index contributed by atoms with van der Waals surface area (Å²) in [6, 6.07) is 0. The number of rotatable bonds is 2. The van der Waals surface area contributed by atoms with Crippen molar-refractivity contribution in [1.29, 1.82) is 0 Å². The van der Waals surface area contributed by atoms with E-state index < -0.39 is 7.32 Å². The summed E-state index contributed by atoms with van der Waals surface area (Å²) in [5.41, 5.74) is 1.07. The highest BCUT2D eigenvalue weighted by Gasteiger charge is 2.05. The van der Waals surface area contributed by atoms with Crippen LogP contribution in [-0.2, 0) is 4.76 Å². The zero-order valence-electron chi connectivity index (χ0n) is 2.83. The van der Waals surface area contributed by atoms with Crippen LogP contribution in [0.5, 0.6) is 0 Å². The molecule has 0 radical (unpaired) electrons. The molecule has 0 aromatic heterocycles. The largest absolute Gasteiger partial charge is 0.653 e. The Morgan fingerprint density at radius 2 is 2.00 bits per heavy atom. The molecular weight excluding hydrogens is 88.8 g/mol. The van der Waals surface area contributed by atoms with Crippen molar-refractivity contribution in [2.24, 2.45) is 0 Å². The Bertz CT molecular complexity index is 28.7. The topological polar surface area (TPSA) is 82.0 Å². The third-order valence-corrected chi connectivity index (χ3v) is 0.158. The Labute approximate surface area is 34.3 Å². The molecule has 36 valence electrons. The predicted molar refractivity (Wildman–Crippen MR) is 16.2 cm³/mol. The summed E-state index contributed by atoms with van der Waals surface area (Å²) in [5.74, 6) is 0. The average Bonchev–Trinajstić information content (AvgIpc) is 1.35. The van der Waals surface area contributed by atoms with E-state index >= 15 is 0 Å². The van der Waals surface area contributed by atoms with Gasteiger partial charge in [0.2, 0.25) is 0 Å². The fourth-order valence-corrected chi connectivity index (χ4v) is 0.0471. The molecule has 6 heteroatoms. The Balaban J connectivity index is 2.63. The first-order chi connectivity index (χ1) is 2.77. The van der Waals surface area contributed by atoms with Gasteiger partial charge in [-0.3, -0.25) is 9.96 Å². The first kappa shape index (κ1) is 5.86. The van der Waals surface area contributed by atoms with Crippen LogP contribution in [0.25, 0.3) is 0 Å². The number of hydrogen-bond acceptors (Lipinski definition) is 5. The first-order valence-corrected chi connectivity index (χ1v) is 1.18. The second kappa shape index (κ2) is 3.07. The third kappa shape index (κ3) is 3.86. The van der Waals surface area contributed by atoms with Crippen LogP contribution in [0.3, 0.4) is 0 Å². The van der Waals surface area contributed by atoms with E-state index in [-0.39, 0.29) is 0 Å². The van der Waals surface area contributed by atoms with Crippen LogP contribution in [0, 0.1) is 0 Å². The van der Waals surface area contributed by atoms with Crippen molar-refractivity contribution in [1.82, 2.24) is 5.64 Å².